The molecule has 0 saturated heterocycles. The quantitative estimate of drug-likeness (QED) is 0.187. The van der Waals surface area contributed by atoms with Gasteiger partial charge in [-0.05, 0) is 6.42 Å². The zero-order chi connectivity index (χ0) is 22.2. The number of nitrogens with one attached hydrogen (secondary N) is 2. The monoisotopic (exact) mass is 406 g/mol. The normalized spacial score (nSPS) is 18.2. The highest BCUT2D eigenvalue weighted by molar-refractivity contribution is 5.92. The molecule has 0 rings (SSSR count). The number of carbonyl (C=O) groups is 3. The molecule has 0 heterocycles. The number of carboxylic acids is 1. The lowest BCUT2D eigenvalue weighted by Gasteiger charge is -2.31. The van der Waals surface area contributed by atoms with Gasteiger partial charge in [0.1, 0.15) is 24.4 Å². The van der Waals surface area contributed by atoms with Crippen molar-refractivity contribution < 1.29 is 39.9 Å². The fraction of sp³-hybridized carbons (Fsp3) is 0.833. The van der Waals surface area contributed by atoms with Gasteiger partial charge in [0.2, 0.25) is 5.91 Å². The summed E-state index contributed by atoms with van der Waals surface area (Å²) >= 11 is 0. The number of rotatable bonds is 13. The molecule has 0 aromatic heterocycles. The predicted octanol–water partition coefficient (Wildman–Crippen LogP) is -1.75. The number of hydrogen-bond donors (Lipinski definition) is 7. The first-order chi connectivity index (χ1) is 12.8. The Labute approximate surface area is 164 Å². The fourth-order valence-electron chi connectivity index (χ4n) is 2.58. The van der Waals surface area contributed by atoms with Crippen LogP contribution in [0.25, 0.3) is 0 Å². The minimum Gasteiger partial charge on any atom is -0.481 e. The average molecular weight is 406 g/mol. The van der Waals surface area contributed by atoms with Gasteiger partial charge in [-0.15, -0.1) is 0 Å². The van der Waals surface area contributed by atoms with Crippen LogP contribution in [0.5, 0.6) is 0 Å². The summed E-state index contributed by atoms with van der Waals surface area (Å²) < 4.78 is 0. The summed E-state index contributed by atoms with van der Waals surface area (Å²) in [6.45, 7) is 7.20. The number of aliphatic hydroxyl groups excluding tert-OH is 4. The van der Waals surface area contributed by atoms with Crippen molar-refractivity contribution in [3.8, 4) is 0 Å². The lowest BCUT2D eigenvalue weighted by Crippen LogP contribution is -2.60. The minimum absolute atomic E-state index is 0.0557. The Kier molecular flexibility index (Phi) is 11.4. The zero-order valence-electron chi connectivity index (χ0n) is 17.0. The van der Waals surface area contributed by atoms with E-state index in [2.05, 4.69) is 10.6 Å². The van der Waals surface area contributed by atoms with Crippen LogP contribution >= 0.6 is 0 Å². The second-order valence-electron chi connectivity index (χ2n) is 7.62. The van der Waals surface area contributed by atoms with E-state index in [1.165, 1.54) is 6.92 Å². The summed E-state index contributed by atoms with van der Waals surface area (Å²) in [7, 11) is 0. The highest BCUT2D eigenvalue weighted by Gasteiger charge is 2.38. The van der Waals surface area contributed by atoms with Crippen LogP contribution in [-0.4, -0.2) is 86.2 Å². The first kappa shape index (κ1) is 26.4. The maximum absolute atomic E-state index is 12.7. The Balaban J connectivity index is 5.57. The number of amides is 1. The van der Waals surface area contributed by atoms with Gasteiger partial charge in [0.15, 0.2) is 5.78 Å². The number of carbonyl (C=O) groups excluding carboxylic acids is 2. The van der Waals surface area contributed by atoms with E-state index in [9.17, 15) is 29.7 Å². The van der Waals surface area contributed by atoms with Crippen LogP contribution in [0.4, 0.5) is 0 Å². The van der Waals surface area contributed by atoms with Gasteiger partial charge < -0.3 is 36.2 Å². The number of ketones is 1. The van der Waals surface area contributed by atoms with Crippen molar-refractivity contribution in [2.24, 2.45) is 11.8 Å². The Bertz CT molecular complexity index is 526. The third-order valence-electron chi connectivity index (χ3n) is 4.31. The Morgan fingerprint density at radius 1 is 0.929 bits per heavy atom. The van der Waals surface area contributed by atoms with E-state index >= 15 is 0 Å². The number of Topliss-reactive ketones (excluding diaryl/α,β-unsaturated/α-hetero) is 1. The lowest BCUT2D eigenvalue weighted by atomic mass is 9.91. The topological polar surface area (TPSA) is 176 Å². The highest BCUT2D eigenvalue weighted by Crippen LogP contribution is 2.13. The van der Waals surface area contributed by atoms with Gasteiger partial charge in [0, 0.05) is 12.0 Å². The summed E-state index contributed by atoms with van der Waals surface area (Å²) in [6, 6.07) is -2.66. The molecule has 0 bridgehead atoms. The van der Waals surface area contributed by atoms with Gasteiger partial charge in [-0.3, -0.25) is 14.4 Å². The summed E-state index contributed by atoms with van der Waals surface area (Å²) in [6.07, 6.45) is -5.49. The molecule has 0 aliphatic carbocycles. The van der Waals surface area contributed by atoms with Gasteiger partial charge in [0.25, 0.3) is 0 Å². The maximum atomic E-state index is 12.7. The fourth-order valence-corrected chi connectivity index (χ4v) is 2.58. The van der Waals surface area contributed by atoms with Crippen molar-refractivity contribution in [1.82, 2.24) is 10.6 Å². The van der Waals surface area contributed by atoms with Crippen molar-refractivity contribution in [1.29, 1.82) is 0 Å². The van der Waals surface area contributed by atoms with Gasteiger partial charge in [-0.25, -0.2) is 0 Å². The second-order valence-corrected chi connectivity index (χ2v) is 7.62. The Morgan fingerprint density at radius 2 is 1.46 bits per heavy atom. The van der Waals surface area contributed by atoms with Crippen LogP contribution in [0.1, 0.15) is 41.0 Å². The number of hydrogen-bond acceptors (Lipinski definition) is 8. The van der Waals surface area contributed by atoms with Crippen molar-refractivity contribution in [2.75, 3.05) is 6.61 Å². The molecular weight excluding hydrogens is 372 g/mol. The van der Waals surface area contributed by atoms with E-state index < -0.39 is 66.5 Å². The third-order valence-corrected chi connectivity index (χ3v) is 4.31. The van der Waals surface area contributed by atoms with E-state index in [4.69, 9.17) is 10.2 Å². The van der Waals surface area contributed by atoms with E-state index in [0.29, 0.717) is 0 Å². The largest absolute Gasteiger partial charge is 0.481 e. The molecule has 0 radical (unpaired) electrons. The lowest BCUT2D eigenvalue weighted by molar-refractivity contribution is -0.143. The first-order valence-corrected chi connectivity index (χ1v) is 9.31. The van der Waals surface area contributed by atoms with Crippen molar-refractivity contribution >= 4 is 17.7 Å². The van der Waals surface area contributed by atoms with Gasteiger partial charge >= 0.3 is 5.97 Å². The number of carboxylic acid groups (broad SMARTS) is 1. The summed E-state index contributed by atoms with van der Waals surface area (Å²) in [5, 5.41) is 53.1. The molecule has 6 atom stereocenters. The molecule has 28 heavy (non-hydrogen) atoms. The molecule has 0 fully saturated rings. The van der Waals surface area contributed by atoms with E-state index in [1.54, 1.807) is 27.7 Å². The van der Waals surface area contributed by atoms with Crippen LogP contribution < -0.4 is 10.6 Å². The van der Waals surface area contributed by atoms with Crippen LogP contribution in [0.2, 0.25) is 0 Å². The summed E-state index contributed by atoms with van der Waals surface area (Å²) in [5.41, 5.74) is 0. The van der Waals surface area contributed by atoms with E-state index in [1.807, 2.05) is 0 Å². The van der Waals surface area contributed by atoms with Crippen LogP contribution in [-0.2, 0) is 14.4 Å². The van der Waals surface area contributed by atoms with Crippen LogP contribution in [0.3, 0.4) is 0 Å². The molecule has 0 spiro atoms. The Hall–Kier alpha value is -1.59. The van der Waals surface area contributed by atoms with Crippen molar-refractivity contribution in [2.45, 2.75) is 77.5 Å². The molecule has 0 aromatic rings. The molecule has 0 saturated carbocycles. The zero-order valence-corrected chi connectivity index (χ0v) is 17.0. The molecule has 7 N–H and O–H groups in total. The first-order valence-electron chi connectivity index (χ1n) is 9.31. The molecule has 10 heteroatoms. The molecule has 164 valence electrons. The molecule has 0 aromatic carbocycles. The van der Waals surface area contributed by atoms with Crippen LogP contribution in [0.15, 0.2) is 0 Å². The minimum atomic E-state index is -1.87. The highest BCUT2D eigenvalue weighted by atomic mass is 16.4. The number of aliphatic hydroxyl groups is 4. The standard InChI is InChI=1S/C18H34N2O8/c1-8(2)14(23)13(16(25)15(24)12(22)7-21)20-17(26)11(19-9(3)4)6-10(5)18(27)28/h8-13,15-16,19,21-22,24-25H,6-7H2,1-5H3,(H,20,26)(H,27,28)/t10?,11-,12+,13+,15+,16+/m0/s1. The van der Waals surface area contributed by atoms with E-state index in [-0.39, 0.29) is 12.5 Å². The summed E-state index contributed by atoms with van der Waals surface area (Å²) in [5.74, 6) is -3.83. The maximum Gasteiger partial charge on any atom is 0.306 e. The molecule has 0 aliphatic rings. The van der Waals surface area contributed by atoms with E-state index in [0.717, 1.165) is 0 Å². The summed E-state index contributed by atoms with van der Waals surface area (Å²) in [4.78, 5) is 36.3. The molecular formula is C18H34N2O8. The van der Waals surface area contributed by atoms with Crippen molar-refractivity contribution in [3.63, 3.8) is 0 Å². The van der Waals surface area contributed by atoms with Crippen LogP contribution in [0, 0.1) is 11.8 Å². The molecule has 10 nitrogen and oxygen atoms in total. The van der Waals surface area contributed by atoms with Gasteiger partial charge in [0.05, 0.1) is 18.6 Å². The van der Waals surface area contributed by atoms with Gasteiger partial charge in [-0.2, -0.15) is 0 Å². The number of aliphatic carboxylic acids is 1. The smallest absolute Gasteiger partial charge is 0.306 e. The molecule has 0 aliphatic heterocycles. The average Bonchev–Trinajstić information content (AvgIpc) is 2.62. The second kappa shape index (κ2) is 12.1. The third kappa shape index (κ3) is 8.19. The predicted molar refractivity (Wildman–Crippen MR) is 100 cm³/mol. The Morgan fingerprint density at radius 3 is 1.86 bits per heavy atom. The molecule has 1 unspecified atom stereocenters. The van der Waals surface area contributed by atoms with Gasteiger partial charge in [-0.1, -0.05) is 34.6 Å². The van der Waals surface area contributed by atoms with Crippen molar-refractivity contribution in [3.05, 3.63) is 0 Å². The SMILES string of the molecule is CC(C)N[C@@H](CC(C)C(=O)O)C(=O)N[C@H](C(=O)C(C)C)[C@@H](O)[C@H](O)[C@H](O)CO. The molecule has 1 amide bonds.